The number of unbranched alkanes of at least 4 members (excludes halogenated alkanes) is 1. The van der Waals surface area contributed by atoms with Crippen LogP contribution < -0.4 is 5.32 Å². The maximum atomic E-state index is 5.16. The highest BCUT2D eigenvalue weighted by Crippen LogP contribution is 2.03. The van der Waals surface area contributed by atoms with E-state index in [2.05, 4.69) is 42.6 Å². The Bertz CT molecular complexity index is 261. The van der Waals surface area contributed by atoms with Gasteiger partial charge in [0, 0.05) is 13.7 Å². The number of nitrogens with one attached hydrogen (secondary N) is 1. The molecule has 0 saturated carbocycles. The first-order valence-electron chi connectivity index (χ1n) is 6.10. The van der Waals surface area contributed by atoms with E-state index < -0.39 is 0 Å². The van der Waals surface area contributed by atoms with Crippen LogP contribution in [0.25, 0.3) is 0 Å². The average molecular weight is 221 g/mol. The highest BCUT2D eigenvalue weighted by Gasteiger charge is 1.97. The fourth-order valence-corrected chi connectivity index (χ4v) is 1.61. The summed E-state index contributed by atoms with van der Waals surface area (Å²) >= 11 is 0. The van der Waals surface area contributed by atoms with Gasteiger partial charge in [0.05, 0.1) is 6.10 Å². The molecule has 16 heavy (non-hydrogen) atoms. The number of ether oxygens (including phenoxy) is 1. The van der Waals surface area contributed by atoms with Crippen LogP contribution in [-0.2, 0) is 11.2 Å². The number of hydrogen-bond donors (Lipinski definition) is 1. The second-order valence-electron chi connectivity index (χ2n) is 4.19. The molecule has 1 N–H and O–H groups in total. The van der Waals surface area contributed by atoms with Crippen molar-refractivity contribution in [3.8, 4) is 0 Å². The lowest BCUT2D eigenvalue weighted by atomic mass is 10.1. The first-order chi connectivity index (χ1) is 7.83. The molecule has 0 fully saturated rings. The summed E-state index contributed by atoms with van der Waals surface area (Å²) in [6.07, 6.45) is 3.97. The standard InChI is InChI=1S/C14H23NO/c1-13(16-2)12-15-11-7-6-10-14-8-4-3-5-9-14/h3-5,8-9,13,15H,6-7,10-12H2,1-2H3. The highest BCUT2D eigenvalue weighted by atomic mass is 16.5. The predicted molar refractivity (Wildman–Crippen MR) is 68.7 cm³/mol. The second kappa shape index (κ2) is 8.31. The van der Waals surface area contributed by atoms with Gasteiger partial charge in [0.2, 0.25) is 0 Å². The van der Waals surface area contributed by atoms with E-state index in [4.69, 9.17) is 4.74 Å². The molecule has 0 aromatic heterocycles. The van der Waals surface area contributed by atoms with E-state index in [9.17, 15) is 0 Å². The van der Waals surface area contributed by atoms with Gasteiger partial charge in [0.15, 0.2) is 0 Å². The van der Waals surface area contributed by atoms with Crippen molar-refractivity contribution < 1.29 is 4.74 Å². The van der Waals surface area contributed by atoms with Gasteiger partial charge in [0.1, 0.15) is 0 Å². The Morgan fingerprint density at radius 3 is 2.62 bits per heavy atom. The van der Waals surface area contributed by atoms with Gasteiger partial charge in [0.25, 0.3) is 0 Å². The van der Waals surface area contributed by atoms with E-state index in [-0.39, 0.29) is 0 Å². The molecule has 0 heterocycles. The summed E-state index contributed by atoms with van der Waals surface area (Å²) in [5.74, 6) is 0. The van der Waals surface area contributed by atoms with Gasteiger partial charge in [-0.15, -0.1) is 0 Å². The van der Waals surface area contributed by atoms with Crippen LogP contribution in [0, 0.1) is 0 Å². The molecule has 2 heteroatoms. The van der Waals surface area contributed by atoms with Crippen LogP contribution in [0.5, 0.6) is 0 Å². The minimum absolute atomic E-state index is 0.314. The smallest absolute Gasteiger partial charge is 0.0667 e. The summed E-state index contributed by atoms with van der Waals surface area (Å²) in [6, 6.07) is 10.7. The van der Waals surface area contributed by atoms with Crippen molar-refractivity contribution in [1.82, 2.24) is 5.32 Å². The van der Waals surface area contributed by atoms with Crippen molar-refractivity contribution in [3.63, 3.8) is 0 Å². The minimum Gasteiger partial charge on any atom is -0.380 e. The normalized spacial score (nSPS) is 12.6. The van der Waals surface area contributed by atoms with Gasteiger partial charge in [-0.25, -0.2) is 0 Å². The van der Waals surface area contributed by atoms with E-state index in [1.54, 1.807) is 7.11 Å². The Morgan fingerprint density at radius 2 is 1.94 bits per heavy atom. The van der Waals surface area contributed by atoms with Crippen LogP contribution in [0.1, 0.15) is 25.3 Å². The zero-order valence-electron chi connectivity index (χ0n) is 10.4. The number of benzene rings is 1. The molecule has 1 rings (SSSR count). The summed E-state index contributed by atoms with van der Waals surface area (Å²) in [7, 11) is 1.75. The molecule has 2 nitrogen and oxygen atoms in total. The predicted octanol–water partition coefficient (Wildman–Crippen LogP) is 2.63. The molecule has 0 radical (unpaired) electrons. The SMILES string of the molecule is COC(C)CNCCCCc1ccccc1. The zero-order chi connectivity index (χ0) is 11.6. The van der Waals surface area contributed by atoms with Crippen LogP contribution >= 0.6 is 0 Å². The number of methoxy groups -OCH3 is 1. The fraction of sp³-hybridized carbons (Fsp3) is 0.571. The van der Waals surface area contributed by atoms with Crippen molar-refractivity contribution in [1.29, 1.82) is 0 Å². The van der Waals surface area contributed by atoms with E-state index >= 15 is 0 Å². The topological polar surface area (TPSA) is 21.3 Å². The molecule has 0 spiro atoms. The van der Waals surface area contributed by atoms with E-state index in [0.717, 1.165) is 13.1 Å². The summed E-state index contributed by atoms with van der Waals surface area (Å²) in [5.41, 5.74) is 1.44. The number of rotatable bonds is 8. The number of aryl methyl sites for hydroxylation is 1. The molecular weight excluding hydrogens is 198 g/mol. The quantitative estimate of drug-likeness (QED) is 0.681. The maximum absolute atomic E-state index is 5.16. The molecule has 1 aromatic carbocycles. The Balaban J connectivity index is 1.96. The fourth-order valence-electron chi connectivity index (χ4n) is 1.61. The third-order valence-electron chi connectivity index (χ3n) is 2.75. The summed E-state index contributed by atoms with van der Waals surface area (Å²) in [4.78, 5) is 0. The van der Waals surface area contributed by atoms with Crippen LogP contribution in [0.2, 0.25) is 0 Å². The summed E-state index contributed by atoms with van der Waals surface area (Å²) in [5, 5.41) is 3.40. The second-order valence-corrected chi connectivity index (χ2v) is 4.19. The van der Waals surface area contributed by atoms with Gasteiger partial charge in [-0.2, -0.15) is 0 Å². The van der Waals surface area contributed by atoms with Gasteiger partial charge in [-0.3, -0.25) is 0 Å². The Kier molecular flexibility index (Phi) is 6.86. The number of hydrogen-bond acceptors (Lipinski definition) is 2. The molecule has 1 unspecified atom stereocenters. The average Bonchev–Trinajstić information content (AvgIpc) is 2.34. The largest absolute Gasteiger partial charge is 0.380 e. The first-order valence-corrected chi connectivity index (χ1v) is 6.10. The van der Waals surface area contributed by atoms with Crippen LogP contribution in [0.15, 0.2) is 30.3 Å². The molecule has 0 aliphatic heterocycles. The van der Waals surface area contributed by atoms with Crippen LogP contribution in [-0.4, -0.2) is 26.3 Å². The summed E-state index contributed by atoms with van der Waals surface area (Å²) in [6.45, 7) is 4.11. The van der Waals surface area contributed by atoms with E-state index in [1.807, 2.05) is 0 Å². The molecule has 1 aromatic rings. The third kappa shape index (κ3) is 5.89. The molecule has 0 aliphatic carbocycles. The molecule has 1 atom stereocenters. The third-order valence-corrected chi connectivity index (χ3v) is 2.75. The van der Waals surface area contributed by atoms with Crippen molar-refractivity contribution in [2.45, 2.75) is 32.3 Å². The van der Waals surface area contributed by atoms with E-state index in [0.29, 0.717) is 6.10 Å². The monoisotopic (exact) mass is 221 g/mol. The Labute approximate surface area is 99.0 Å². The van der Waals surface area contributed by atoms with Gasteiger partial charge < -0.3 is 10.1 Å². The molecule has 0 aliphatic rings. The van der Waals surface area contributed by atoms with Crippen LogP contribution in [0.4, 0.5) is 0 Å². The van der Waals surface area contributed by atoms with E-state index in [1.165, 1.54) is 24.8 Å². The lowest BCUT2D eigenvalue weighted by Gasteiger charge is -2.10. The van der Waals surface area contributed by atoms with Crippen LogP contribution in [0.3, 0.4) is 0 Å². The van der Waals surface area contributed by atoms with Gasteiger partial charge >= 0.3 is 0 Å². The maximum Gasteiger partial charge on any atom is 0.0667 e. The van der Waals surface area contributed by atoms with Crippen molar-refractivity contribution >= 4 is 0 Å². The van der Waals surface area contributed by atoms with Crippen molar-refractivity contribution in [2.24, 2.45) is 0 Å². The van der Waals surface area contributed by atoms with Crippen molar-refractivity contribution in [2.75, 3.05) is 20.2 Å². The van der Waals surface area contributed by atoms with Gasteiger partial charge in [-0.05, 0) is 38.3 Å². The lowest BCUT2D eigenvalue weighted by molar-refractivity contribution is 0.117. The highest BCUT2D eigenvalue weighted by molar-refractivity contribution is 5.14. The minimum atomic E-state index is 0.314. The molecule has 0 bridgehead atoms. The molecular formula is C14H23NO. The Hall–Kier alpha value is -0.860. The Morgan fingerprint density at radius 1 is 1.19 bits per heavy atom. The molecule has 0 saturated heterocycles. The summed E-state index contributed by atoms with van der Waals surface area (Å²) < 4.78 is 5.16. The zero-order valence-corrected chi connectivity index (χ0v) is 10.4. The lowest BCUT2D eigenvalue weighted by Crippen LogP contribution is -2.26. The van der Waals surface area contributed by atoms with Crippen molar-refractivity contribution in [3.05, 3.63) is 35.9 Å². The van der Waals surface area contributed by atoms with Gasteiger partial charge in [-0.1, -0.05) is 30.3 Å². The first kappa shape index (κ1) is 13.2. The molecule has 0 amide bonds. The molecule has 90 valence electrons.